The number of hydrogen-bond acceptors (Lipinski definition) is 2. The minimum atomic E-state index is -5.50. The predicted octanol–water partition coefficient (Wildman–Crippen LogP) is 5.00. The minimum Gasteiger partial charge on any atom is -0.373 e. The van der Waals surface area contributed by atoms with E-state index in [2.05, 4.69) is 0 Å². The van der Waals surface area contributed by atoms with Crippen LogP contribution < -0.4 is 5.32 Å². The van der Waals surface area contributed by atoms with Crippen LogP contribution in [0.2, 0.25) is 0 Å². The molecule has 0 aliphatic heterocycles. The van der Waals surface area contributed by atoms with Crippen LogP contribution in [0.15, 0.2) is 18.2 Å². The first kappa shape index (κ1) is 23.1. The van der Waals surface area contributed by atoms with Crippen molar-refractivity contribution >= 4 is 11.6 Å². The number of nitrogens with one attached hydrogen (secondary N) is 1. The van der Waals surface area contributed by atoms with Crippen molar-refractivity contribution in [3.8, 4) is 0 Å². The van der Waals surface area contributed by atoms with Crippen molar-refractivity contribution in [1.29, 1.82) is 0 Å². The Morgan fingerprint density at radius 1 is 0.926 bits per heavy atom. The average Bonchev–Trinajstić information content (AvgIpc) is 2.42. The SMILES string of the molecule is CC(C)CC(O)(C(=O)Nc1cc(C(F)(F)F)cc(C(F)(F)F)c1)C(F)(F)F. The van der Waals surface area contributed by atoms with Crippen molar-refractivity contribution in [1.82, 2.24) is 0 Å². The normalized spacial score (nSPS) is 15.6. The number of carbonyl (C=O) groups is 1. The number of alkyl halides is 9. The van der Waals surface area contributed by atoms with E-state index in [1.165, 1.54) is 19.2 Å². The van der Waals surface area contributed by atoms with Gasteiger partial charge in [-0.25, -0.2) is 0 Å². The van der Waals surface area contributed by atoms with Crippen LogP contribution in [-0.4, -0.2) is 22.8 Å². The number of amides is 1. The summed E-state index contributed by atoms with van der Waals surface area (Å²) >= 11 is 0. The number of anilines is 1. The maximum atomic E-state index is 13.1. The largest absolute Gasteiger partial charge is 0.426 e. The molecule has 1 aromatic rings. The molecule has 12 heteroatoms. The van der Waals surface area contributed by atoms with Gasteiger partial charge in [0.05, 0.1) is 11.1 Å². The minimum absolute atomic E-state index is 0.0410. The first-order chi connectivity index (χ1) is 11.9. The molecule has 0 fully saturated rings. The molecule has 1 rings (SSSR count). The molecule has 0 aliphatic carbocycles. The Morgan fingerprint density at radius 2 is 1.33 bits per heavy atom. The van der Waals surface area contributed by atoms with Gasteiger partial charge in [0.25, 0.3) is 5.91 Å². The van der Waals surface area contributed by atoms with Gasteiger partial charge in [0.15, 0.2) is 0 Å². The van der Waals surface area contributed by atoms with Crippen LogP contribution in [-0.2, 0) is 17.1 Å². The Labute approximate surface area is 147 Å². The number of hydrogen-bond donors (Lipinski definition) is 2. The lowest BCUT2D eigenvalue weighted by Crippen LogP contribution is -2.55. The number of carbonyl (C=O) groups excluding carboxylic acids is 1. The fourth-order valence-corrected chi connectivity index (χ4v) is 2.19. The Kier molecular flexibility index (Phi) is 6.16. The van der Waals surface area contributed by atoms with E-state index < -0.39 is 59.2 Å². The lowest BCUT2D eigenvalue weighted by atomic mass is 9.90. The average molecular weight is 411 g/mol. The number of benzene rings is 1. The second-order valence-electron chi connectivity index (χ2n) is 6.20. The van der Waals surface area contributed by atoms with Crippen molar-refractivity contribution in [3.63, 3.8) is 0 Å². The Morgan fingerprint density at radius 3 is 1.63 bits per heavy atom. The molecule has 0 bridgehead atoms. The molecule has 27 heavy (non-hydrogen) atoms. The van der Waals surface area contributed by atoms with E-state index in [-0.39, 0.29) is 18.2 Å². The summed E-state index contributed by atoms with van der Waals surface area (Å²) in [6.45, 7) is 2.46. The summed E-state index contributed by atoms with van der Waals surface area (Å²) in [5.74, 6) is -3.05. The molecule has 0 radical (unpaired) electrons. The van der Waals surface area contributed by atoms with Gasteiger partial charge in [-0.1, -0.05) is 13.8 Å². The molecule has 1 unspecified atom stereocenters. The summed E-state index contributed by atoms with van der Waals surface area (Å²) in [6.07, 6.45) is -17.2. The van der Waals surface area contributed by atoms with Crippen LogP contribution in [0.25, 0.3) is 0 Å². The van der Waals surface area contributed by atoms with Gasteiger partial charge in [-0.05, 0) is 30.5 Å². The molecule has 1 atom stereocenters. The molecule has 1 amide bonds. The lowest BCUT2D eigenvalue weighted by Gasteiger charge is -2.30. The van der Waals surface area contributed by atoms with Crippen LogP contribution in [0.5, 0.6) is 0 Å². The molecule has 0 aliphatic rings. The smallest absolute Gasteiger partial charge is 0.373 e. The first-order valence-corrected chi connectivity index (χ1v) is 7.28. The zero-order chi connectivity index (χ0) is 21.4. The molecule has 2 N–H and O–H groups in total. The fourth-order valence-electron chi connectivity index (χ4n) is 2.19. The van der Waals surface area contributed by atoms with Gasteiger partial charge in [-0.3, -0.25) is 4.79 Å². The van der Waals surface area contributed by atoms with E-state index in [0.717, 1.165) is 0 Å². The first-order valence-electron chi connectivity index (χ1n) is 7.28. The Hall–Kier alpha value is -1.98. The summed E-state index contributed by atoms with van der Waals surface area (Å²) in [5, 5.41) is 11.0. The van der Waals surface area contributed by atoms with Gasteiger partial charge < -0.3 is 10.4 Å². The van der Waals surface area contributed by atoms with E-state index in [9.17, 15) is 49.4 Å². The third-order valence-corrected chi connectivity index (χ3v) is 3.39. The number of rotatable bonds is 4. The predicted molar refractivity (Wildman–Crippen MR) is 75.5 cm³/mol. The maximum absolute atomic E-state index is 13.1. The van der Waals surface area contributed by atoms with Crippen molar-refractivity contribution < 1.29 is 49.4 Å². The molecule has 0 spiro atoms. The third-order valence-electron chi connectivity index (χ3n) is 3.39. The molecule has 0 saturated heterocycles. The molecule has 0 aromatic heterocycles. The molecule has 0 saturated carbocycles. The van der Waals surface area contributed by atoms with E-state index in [0.29, 0.717) is 0 Å². The van der Waals surface area contributed by atoms with E-state index in [1.807, 2.05) is 0 Å². The van der Waals surface area contributed by atoms with Gasteiger partial charge in [0.1, 0.15) is 0 Å². The van der Waals surface area contributed by atoms with Crippen molar-refractivity contribution in [3.05, 3.63) is 29.3 Å². The highest BCUT2D eigenvalue weighted by Gasteiger charge is 2.59. The second-order valence-corrected chi connectivity index (χ2v) is 6.20. The summed E-state index contributed by atoms with van der Waals surface area (Å²) in [4.78, 5) is 11.9. The quantitative estimate of drug-likeness (QED) is 0.685. The highest BCUT2D eigenvalue weighted by atomic mass is 19.4. The van der Waals surface area contributed by atoms with Gasteiger partial charge >= 0.3 is 18.5 Å². The van der Waals surface area contributed by atoms with Gasteiger partial charge in [-0.2, -0.15) is 39.5 Å². The molecule has 0 heterocycles. The van der Waals surface area contributed by atoms with Gasteiger partial charge in [0.2, 0.25) is 5.60 Å². The standard InChI is InChI=1S/C15H14F9NO2/c1-7(2)6-12(27,15(22,23)24)11(26)25-10-4-8(13(16,17)18)3-9(5-10)14(19,20)21/h3-5,7,27H,6H2,1-2H3,(H,25,26). The summed E-state index contributed by atoms with van der Waals surface area (Å²) < 4.78 is 116. The van der Waals surface area contributed by atoms with Gasteiger partial charge in [0, 0.05) is 5.69 Å². The van der Waals surface area contributed by atoms with E-state index in [1.54, 1.807) is 0 Å². The molecular weight excluding hydrogens is 397 g/mol. The zero-order valence-electron chi connectivity index (χ0n) is 13.8. The van der Waals surface area contributed by atoms with E-state index >= 15 is 0 Å². The van der Waals surface area contributed by atoms with Crippen LogP contribution in [0.4, 0.5) is 45.2 Å². The van der Waals surface area contributed by atoms with Crippen LogP contribution >= 0.6 is 0 Å². The topological polar surface area (TPSA) is 49.3 Å². The maximum Gasteiger partial charge on any atom is 0.426 e. The summed E-state index contributed by atoms with van der Waals surface area (Å²) in [7, 11) is 0. The molecular formula is C15H14F9NO2. The van der Waals surface area contributed by atoms with Crippen LogP contribution in [0.1, 0.15) is 31.4 Å². The number of aliphatic hydroxyl groups is 1. The molecule has 1 aromatic carbocycles. The van der Waals surface area contributed by atoms with Crippen molar-refractivity contribution in [2.75, 3.05) is 5.32 Å². The van der Waals surface area contributed by atoms with Crippen molar-refractivity contribution in [2.24, 2.45) is 5.92 Å². The molecule has 154 valence electrons. The summed E-state index contributed by atoms with van der Waals surface area (Å²) in [6, 6.07) is -0.168. The van der Waals surface area contributed by atoms with Gasteiger partial charge in [-0.15, -0.1) is 0 Å². The van der Waals surface area contributed by atoms with Crippen LogP contribution in [0, 0.1) is 5.92 Å². The summed E-state index contributed by atoms with van der Waals surface area (Å²) in [5.41, 5.74) is -8.83. The number of halogens is 9. The Bertz CT molecular complexity index is 660. The molecule has 3 nitrogen and oxygen atoms in total. The highest BCUT2D eigenvalue weighted by Crippen LogP contribution is 2.39. The van der Waals surface area contributed by atoms with E-state index in [4.69, 9.17) is 0 Å². The fraction of sp³-hybridized carbons (Fsp3) is 0.533. The van der Waals surface area contributed by atoms with Crippen molar-refractivity contribution in [2.45, 2.75) is 44.4 Å². The monoisotopic (exact) mass is 411 g/mol. The highest BCUT2D eigenvalue weighted by molar-refractivity contribution is 5.98. The lowest BCUT2D eigenvalue weighted by molar-refractivity contribution is -0.253. The van der Waals surface area contributed by atoms with Crippen LogP contribution in [0.3, 0.4) is 0 Å². The third kappa shape index (κ3) is 5.50. The zero-order valence-corrected chi connectivity index (χ0v) is 13.8. The second kappa shape index (κ2) is 7.21. The Balaban J connectivity index is 3.39.